The second-order valence-electron chi connectivity index (χ2n) is 7.05. The molecule has 1 aliphatic rings. The largest absolute Gasteiger partial charge is 0.346 e. The Labute approximate surface area is 161 Å². The maximum Gasteiger partial charge on any atom is 0.251 e. The highest BCUT2D eigenvalue weighted by Crippen LogP contribution is 2.33. The Morgan fingerprint density at radius 2 is 1.89 bits per heavy atom. The summed E-state index contributed by atoms with van der Waals surface area (Å²) in [6, 6.07) is 18.3. The van der Waals surface area contributed by atoms with Gasteiger partial charge in [0.25, 0.3) is 5.91 Å². The van der Waals surface area contributed by atoms with Gasteiger partial charge in [-0.15, -0.1) is 0 Å². The van der Waals surface area contributed by atoms with E-state index in [4.69, 9.17) is 0 Å². The van der Waals surface area contributed by atoms with Crippen LogP contribution in [0.25, 0.3) is 22.2 Å². The van der Waals surface area contributed by atoms with E-state index in [2.05, 4.69) is 15.3 Å². The van der Waals surface area contributed by atoms with Crippen LogP contribution in [0.1, 0.15) is 27.5 Å². The highest BCUT2D eigenvalue weighted by atomic mass is 19.1. The number of fused-ring (bicyclic) bond motifs is 2. The normalized spacial score (nSPS) is 18.2. The number of nitrogens with one attached hydrogen (secondary N) is 2. The van der Waals surface area contributed by atoms with Crippen LogP contribution in [-0.4, -0.2) is 22.0 Å². The predicted octanol–water partition coefficient (Wildman–Crippen LogP) is 4.60. The monoisotopic (exact) mass is 371 g/mol. The van der Waals surface area contributed by atoms with E-state index in [1.807, 2.05) is 54.7 Å². The van der Waals surface area contributed by atoms with Crippen LogP contribution in [0.15, 0.2) is 73.1 Å². The number of aromatic amines is 1. The number of aromatic nitrogens is 2. The molecule has 1 aliphatic carbocycles. The summed E-state index contributed by atoms with van der Waals surface area (Å²) in [5.74, 6) is -0.266. The van der Waals surface area contributed by atoms with Gasteiger partial charge in [-0.1, -0.05) is 36.4 Å². The van der Waals surface area contributed by atoms with Crippen molar-refractivity contribution in [3.05, 3.63) is 89.7 Å². The first-order valence-electron chi connectivity index (χ1n) is 9.26. The van der Waals surface area contributed by atoms with Gasteiger partial charge in [0, 0.05) is 29.8 Å². The molecular formula is C23H18FN3O. The van der Waals surface area contributed by atoms with Crippen molar-refractivity contribution in [1.29, 1.82) is 0 Å². The highest BCUT2D eigenvalue weighted by Gasteiger charge is 2.33. The zero-order valence-corrected chi connectivity index (χ0v) is 15.0. The van der Waals surface area contributed by atoms with Crippen molar-refractivity contribution in [3.8, 4) is 11.1 Å². The van der Waals surface area contributed by atoms with Gasteiger partial charge in [0.2, 0.25) is 0 Å². The summed E-state index contributed by atoms with van der Waals surface area (Å²) in [5.41, 5.74) is 5.22. The van der Waals surface area contributed by atoms with E-state index in [0.29, 0.717) is 12.0 Å². The molecule has 0 radical (unpaired) electrons. The van der Waals surface area contributed by atoms with Gasteiger partial charge < -0.3 is 10.3 Å². The fourth-order valence-corrected chi connectivity index (χ4v) is 3.95. The Morgan fingerprint density at radius 3 is 2.75 bits per heavy atom. The van der Waals surface area contributed by atoms with Crippen LogP contribution in [-0.2, 0) is 6.42 Å². The molecule has 2 heterocycles. The van der Waals surface area contributed by atoms with Gasteiger partial charge >= 0.3 is 0 Å². The maximum absolute atomic E-state index is 14.4. The third-order valence-electron chi connectivity index (χ3n) is 5.37. The van der Waals surface area contributed by atoms with Crippen LogP contribution < -0.4 is 5.32 Å². The fourth-order valence-electron chi connectivity index (χ4n) is 3.95. The van der Waals surface area contributed by atoms with Crippen molar-refractivity contribution in [3.63, 3.8) is 0 Å². The number of halogens is 1. The van der Waals surface area contributed by atoms with Crippen LogP contribution in [0.3, 0.4) is 0 Å². The minimum atomic E-state index is -1.10. The second-order valence-corrected chi connectivity index (χ2v) is 7.05. The summed E-state index contributed by atoms with van der Waals surface area (Å²) in [6.07, 6.45) is 2.86. The Balaban J connectivity index is 1.39. The molecule has 138 valence electrons. The van der Waals surface area contributed by atoms with E-state index >= 15 is 0 Å². The second kappa shape index (κ2) is 6.60. The van der Waals surface area contributed by atoms with Crippen LogP contribution in [0.4, 0.5) is 4.39 Å². The number of benzene rings is 2. The molecule has 4 aromatic rings. The molecule has 0 bridgehead atoms. The predicted molar refractivity (Wildman–Crippen MR) is 107 cm³/mol. The molecule has 0 aliphatic heterocycles. The van der Waals surface area contributed by atoms with E-state index in [9.17, 15) is 9.18 Å². The number of carbonyl (C=O) groups is 1. The van der Waals surface area contributed by atoms with Crippen molar-refractivity contribution < 1.29 is 9.18 Å². The molecule has 1 amide bonds. The maximum atomic E-state index is 14.4. The van der Waals surface area contributed by atoms with Gasteiger partial charge in [-0.3, -0.25) is 4.79 Å². The highest BCUT2D eigenvalue weighted by molar-refractivity contribution is 5.97. The number of hydrogen-bond donors (Lipinski definition) is 2. The quantitative estimate of drug-likeness (QED) is 0.553. The number of nitrogens with zero attached hydrogens (tertiary/aromatic N) is 1. The number of hydrogen-bond acceptors (Lipinski definition) is 2. The van der Waals surface area contributed by atoms with Gasteiger partial charge in [-0.25, -0.2) is 9.37 Å². The molecule has 0 spiro atoms. The summed E-state index contributed by atoms with van der Waals surface area (Å²) in [7, 11) is 0. The molecule has 0 fully saturated rings. The lowest BCUT2D eigenvalue weighted by Crippen LogP contribution is -2.32. The Bertz CT molecular complexity index is 1170. The molecule has 0 unspecified atom stereocenters. The Hall–Kier alpha value is -3.47. The van der Waals surface area contributed by atoms with Crippen LogP contribution in [0, 0.1) is 0 Å². The number of pyridine rings is 1. The molecule has 2 N–H and O–H groups in total. The fraction of sp³-hybridized carbons (Fsp3) is 0.130. The zero-order valence-electron chi connectivity index (χ0n) is 15.0. The summed E-state index contributed by atoms with van der Waals surface area (Å²) >= 11 is 0. The third-order valence-corrected chi connectivity index (χ3v) is 5.37. The SMILES string of the molecule is O=C(N[C@@H]1c2ccccc2C[C@H]1F)c1ccc(-c2ccnc3[nH]ccc23)cc1. The molecular weight excluding hydrogens is 353 g/mol. The molecule has 2 aromatic carbocycles. The topological polar surface area (TPSA) is 57.8 Å². The van der Waals surface area contributed by atoms with Gasteiger partial charge in [0.1, 0.15) is 11.8 Å². The van der Waals surface area contributed by atoms with E-state index < -0.39 is 12.2 Å². The lowest BCUT2D eigenvalue weighted by atomic mass is 10.0. The number of amides is 1. The molecule has 2 aromatic heterocycles. The first-order valence-corrected chi connectivity index (χ1v) is 9.26. The summed E-state index contributed by atoms with van der Waals surface area (Å²) < 4.78 is 14.4. The first kappa shape index (κ1) is 16.7. The molecule has 0 saturated carbocycles. The molecule has 4 nitrogen and oxygen atoms in total. The minimum absolute atomic E-state index is 0.266. The summed E-state index contributed by atoms with van der Waals surface area (Å²) in [4.78, 5) is 20.1. The minimum Gasteiger partial charge on any atom is -0.346 e. The number of H-pyrrole nitrogens is 1. The lowest BCUT2D eigenvalue weighted by molar-refractivity contribution is 0.0915. The number of rotatable bonds is 3. The lowest BCUT2D eigenvalue weighted by Gasteiger charge is -2.17. The molecule has 5 heteroatoms. The first-order chi connectivity index (χ1) is 13.7. The van der Waals surface area contributed by atoms with Crippen LogP contribution >= 0.6 is 0 Å². The molecule has 2 atom stereocenters. The average molecular weight is 371 g/mol. The zero-order chi connectivity index (χ0) is 19.1. The van der Waals surface area contributed by atoms with E-state index in [1.165, 1.54) is 0 Å². The van der Waals surface area contributed by atoms with Crippen molar-refractivity contribution in [2.45, 2.75) is 18.6 Å². The third kappa shape index (κ3) is 2.76. The van der Waals surface area contributed by atoms with Gasteiger partial charge in [-0.05, 0) is 46.5 Å². The molecule has 28 heavy (non-hydrogen) atoms. The van der Waals surface area contributed by atoms with Gasteiger partial charge in [0.05, 0.1) is 6.04 Å². The van der Waals surface area contributed by atoms with E-state index in [-0.39, 0.29) is 5.91 Å². The summed E-state index contributed by atoms with van der Waals surface area (Å²) in [5, 5.41) is 3.89. The molecule has 5 rings (SSSR count). The van der Waals surface area contributed by atoms with Gasteiger partial charge in [-0.2, -0.15) is 0 Å². The molecule has 0 saturated heterocycles. The average Bonchev–Trinajstić information content (AvgIpc) is 3.32. The van der Waals surface area contributed by atoms with E-state index in [0.717, 1.165) is 33.3 Å². The van der Waals surface area contributed by atoms with Crippen LogP contribution in [0.2, 0.25) is 0 Å². The number of carbonyl (C=O) groups excluding carboxylic acids is 1. The Morgan fingerprint density at radius 1 is 1.07 bits per heavy atom. The van der Waals surface area contributed by atoms with Crippen molar-refractivity contribution in [1.82, 2.24) is 15.3 Å². The van der Waals surface area contributed by atoms with Crippen molar-refractivity contribution in [2.24, 2.45) is 0 Å². The Kier molecular flexibility index (Phi) is 3.93. The van der Waals surface area contributed by atoms with Gasteiger partial charge in [0.15, 0.2) is 0 Å². The van der Waals surface area contributed by atoms with Crippen molar-refractivity contribution in [2.75, 3.05) is 0 Å². The van der Waals surface area contributed by atoms with Crippen molar-refractivity contribution >= 4 is 16.9 Å². The summed E-state index contributed by atoms with van der Waals surface area (Å²) in [6.45, 7) is 0. The van der Waals surface area contributed by atoms with Crippen LogP contribution in [0.5, 0.6) is 0 Å². The standard InChI is InChI=1S/C23H18FN3O/c24-20-13-16-3-1-2-4-18(16)21(20)27-23(28)15-7-5-14(6-8-15)17-9-11-25-22-19(17)10-12-26-22/h1-12,20-21H,13H2,(H,25,26)(H,27,28)/t20-,21-/m1/s1. The van der Waals surface area contributed by atoms with E-state index in [1.54, 1.807) is 18.3 Å². The number of alkyl halides is 1. The smallest absolute Gasteiger partial charge is 0.251 e.